The van der Waals surface area contributed by atoms with Crippen LogP contribution in [0.2, 0.25) is 0 Å². The van der Waals surface area contributed by atoms with Crippen molar-refractivity contribution >= 4 is 29.5 Å². The third kappa shape index (κ3) is 5.59. The van der Waals surface area contributed by atoms with Crippen molar-refractivity contribution in [3.63, 3.8) is 0 Å². The number of alkyl halides is 3. The Labute approximate surface area is 192 Å². The number of amides is 1. The number of carbonyl (C=O) groups excluding carboxylic acids is 1. The molecule has 0 radical (unpaired) electrons. The van der Waals surface area contributed by atoms with Crippen LogP contribution < -0.4 is 10.0 Å². The molecule has 1 aliphatic carbocycles. The van der Waals surface area contributed by atoms with E-state index in [1.165, 1.54) is 19.0 Å². The summed E-state index contributed by atoms with van der Waals surface area (Å²) in [7, 11) is 0. The molecular formula is C22H21F3N6OS. The smallest absolute Gasteiger partial charge is 0.325 e. The minimum atomic E-state index is -4.57. The van der Waals surface area contributed by atoms with Gasteiger partial charge in [-0.25, -0.2) is 15.0 Å². The fourth-order valence-electron chi connectivity index (χ4n) is 2.85. The molecule has 4 rings (SSSR count). The van der Waals surface area contributed by atoms with Crippen LogP contribution in [0.1, 0.15) is 38.1 Å². The van der Waals surface area contributed by atoms with Gasteiger partial charge in [0.25, 0.3) is 0 Å². The molecule has 0 bridgehead atoms. The van der Waals surface area contributed by atoms with Gasteiger partial charge >= 0.3 is 6.18 Å². The first kappa shape index (κ1) is 23.0. The van der Waals surface area contributed by atoms with Crippen LogP contribution >= 0.6 is 11.9 Å². The summed E-state index contributed by atoms with van der Waals surface area (Å²) in [6.45, 7) is 3.52. The van der Waals surface area contributed by atoms with Gasteiger partial charge in [0, 0.05) is 22.7 Å². The largest absolute Gasteiger partial charge is 0.434 e. The van der Waals surface area contributed by atoms with Gasteiger partial charge in [0.1, 0.15) is 0 Å². The first-order chi connectivity index (χ1) is 15.6. The number of hydrogen-bond donors (Lipinski definition) is 2. The van der Waals surface area contributed by atoms with E-state index < -0.39 is 17.3 Å². The number of aromatic nitrogens is 4. The molecule has 1 amide bonds. The lowest BCUT2D eigenvalue weighted by atomic mass is 9.88. The average molecular weight is 475 g/mol. The number of rotatable bonds is 7. The van der Waals surface area contributed by atoms with Gasteiger partial charge in [-0.1, -0.05) is 12.1 Å². The summed E-state index contributed by atoms with van der Waals surface area (Å²) in [5.74, 6) is 0.172. The van der Waals surface area contributed by atoms with Crippen molar-refractivity contribution in [1.29, 1.82) is 0 Å². The van der Waals surface area contributed by atoms with E-state index in [0.29, 0.717) is 34.3 Å². The van der Waals surface area contributed by atoms with Crippen LogP contribution in [-0.4, -0.2) is 31.1 Å². The minimum absolute atomic E-state index is 0.0908. The third-order valence-electron chi connectivity index (χ3n) is 5.07. The molecule has 0 aliphatic heterocycles. The summed E-state index contributed by atoms with van der Waals surface area (Å²) in [6, 6.07) is 8.06. The SMILES string of the molecule is CC(C)(C(=O)Nc1ccc(-c2cncc(C(F)(F)F)n2)cc1)c1ccnc(NSC2CC2)n1. The van der Waals surface area contributed by atoms with Gasteiger partial charge in [-0.15, -0.1) is 0 Å². The van der Waals surface area contributed by atoms with Crippen LogP contribution in [0.4, 0.5) is 24.8 Å². The molecule has 1 fully saturated rings. The minimum Gasteiger partial charge on any atom is -0.325 e. The predicted molar refractivity (Wildman–Crippen MR) is 120 cm³/mol. The highest BCUT2D eigenvalue weighted by Gasteiger charge is 2.34. The summed E-state index contributed by atoms with van der Waals surface area (Å²) in [5.41, 5.74) is -0.417. The van der Waals surface area contributed by atoms with Gasteiger partial charge in [-0.3, -0.25) is 14.5 Å². The zero-order chi connectivity index (χ0) is 23.6. The van der Waals surface area contributed by atoms with Crippen molar-refractivity contribution in [1.82, 2.24) is 19.9 Å². The predicted octanol–water partition coefficient (Wildman–Crippen LogP) is 5.09. The van der Waals surface area contributed by atoms with Gasteiger partial charge in [0.2, 0.25) is 11.9 Å². The van der Waals surface area contributed by atoms with Gasteiger partial charge < -0.3 is 5.32 Å². The quantitative estimate of drug-likeness (QED) is 0.461. The molecule has 7 nitrogen and oxygen atoms in total. The maximum atomic E-state index is 13.0. The van der Waals surface area contributed by atoms with Crippen molar-refractivity contribution in [2.45, 2.75) is 43.5 Å². The molecule has 0 unspecified atom stereocenters. The lowest BCUT2D eigenvalue weighted by molar-refractivity contribution is -0.141. The number of benzene rings is 1. The van der Waals surface area contributed by atoms with Crippen LogP contribution in [0, 0.1) is 0 Å². The molecule has 3 aromatic rings. The highest BCUT2D eigenvalue weighted by molar-refractivity contribution is 8.01. The molecule has 1 aromatic carbocycles. The van der Waals surface area contributed by atoms with E-state index in [1.807, 2.05) is 0 Å². The third-order valence-corrected chi connectivity index (χ3v) is 6.17. The monoisotopic (exact) mass is 474 g/mol. The number of nitrogens with one attached hydrogen (secondary N) is 2. The maximum absolute atomic E-state index is 13.0. The Bertz CT molecular complexity index is 1150. The molecule has 2 heterocycles. The number of anilines is 2. The molecule has 0 spiro atoms. The number of hydrogen-bond acceptors (Lipinski definition) is 7. The second-order valence-corrected chi connectivity index (χ2v) is 9.24. The van der Waals surface area contributed by atoms with E-state index in [-0.39, 0.29) is 11.6 Å². The highest BCUT2D eigenvalue weighted by Crippen LogP contribution is 2.34. The maximum Gasteiger partial charge on any atom is 0.434 e. The number of carbonyl (C=O) groups is 1. The summed E-state index contributed by atoms with van der Waals surface area (Å²) >= 11 is 1.58. The van der Waals surface area contributed by atoms with Gasteiger partial charge in [0.15, 0.2) is 5.69 Å². The van der Waals surface area contributed by atoms with E-state index in [1.54, 1.807) is 62.3 Å². The topological polar surface area (TPSA) is 92.7 Å². The molecule has 33 heavy (non-hydrogen) atoms. The Kier molecular flexibility index (Phi) is 6.24. The van der Waals surface area contributed by atoms with E-state index >= 15 is 0 Å². The molecule has 2 N–H and O–H groups in total. The zero-order valence-corrected chi connectivity index (χ0v) is 18.7. The first-order valence-electron chi connectivity index (χ1n) is 10.2. The zero-order valence-electron chi connectivity index (χ0n) is 17.8. The molecule has 0 saturated heterocycles. The normalized spacial score (nSPS) is 14.1. The second kappa shape index (κ2) is 8.97. The number of nitrogens with zero attached hydrogens (tertiary/aromatic N) is 4. The fraction of sp³-hybridized carbons (Fsp3) is 0.318. The molecule has 0 atom stereocenters. The first-order valence-corrected chi connectivity index (χ1v) is 11.1. The summed E-state index contributed by atoms with van der Waals surface area (Å²) in [5, 5.41) is 3.42. The Hall–Kier alpha value is -3.21. The fourth-order valence-corrected chi connectivity index (χ4v) is 3.59. The van der Waals surface area contributed by atoms with E-state index in [9.17, 15) is 18.0 Å². The summed E-state index contributed by atoms with van der Waals surface area (Å²) in [4.78, 5) is 28.9. The Morgan fingerprint density at radius 3 is 2.42 bits per heavy atom. The van der Waals surface area contributed by atoms with Crippen LogP contribution in [0.3, 0.4) is 0 Å². The van der Waals surface area contributed by atoms with E-state index in [2.05, 4.69) is 30.0 Å². The van der Waals surface area contributed by atoms with E-state index in [0.717, 1.165) is 0 Å². The Morgan fingerprint density at radius 1 is 1.03 bits per heavy atom. The molecule has 2 aromatic heterocycles. The van der Waals surface area contributed by atoms with Crippen LogP contribution in [0.5, 0.6) is 0 Å². The second-order valence-electron chi connectivity index (χ2n) is 8.13. The van der Waals surface area contributed by atoms with Crippen LogP contribution in [-0.2, 0) is 16.4 Å². The standard InChI is InChI=1S/C22H21F3N6OS/c1-21(2,17-9-10-27-20(30-17)31-33-15-7-8-15)19(32)28-14-5-3-13(4-6-14)16-11-26-12-18(29-16)22(23,24)25/h3-6,9-12,15H,7-8H2,1-2H3,(H,28,32)(H,27,30,31). The Morgan fingerprint density at radius 2 is 1.76 bits per heavy atom. The van der Waals surface area contributed by atoms with Crippen LogP contribution in [0.25, 0.3) is 11.3 Å². The lowest BCUT2D eigenvalue weighted by Gasteiger charge is -2.23. The van der Waals surface area contributed by atoms with Crippen molar-refractivity contribution in [3.05, 3.63) is 60.3 Å². The Balaban J connectivity index is 1.45. The van der Waals surface area contributed by atoms with Crippen molar-refractivity contribution in [2.24, 2.45) is 0 Å². The van der Waals surface area contributed by atoms with Gasteiger partial charge in [-0.2, -0.15) is 13.2 Å². The van der Waals surface area contributed by atoms with Crippen LogP contribution in [0.15, 0.2) is 48.9 Å². The molecule has 172 valence electrons. The summed E-state index contributed by atoms with van der Waals surface area (Å²) < 4.78 is 41.8. The van der Waals surface area contributed by atoms with E-state index in [4.69, 9.17) is 0 Å². The highest BCUT2D eigenvalue weighted by atomic mass is 32.2. The van der Waals surface area contributed by atoms with Gasteiger partial charge in [0.05, 0.1) is 29.2 Å². The van der Waals surface area contributed by atoms with Gasteiger partial charge in [-0.05, 0) is 56.8 Å². The lowest BCUT2D eigenvalue weighted by Crippen LogP contribution is -2.35. The van der Waals surface area contributed by atoms with Crippen molar-refractivity contribution in [3.8, 4) is 11.3 Å². The number of halogens is 3. The molecule has 1 aliphatic rings. The van der Waals surface area contributed by atoms with Crippen molar-refractivity contribution < 1.29 is 18.0 Å². The molecular weight excluding hydrogens is 453 g/mol. The average Bonchev–Trinajstić information content (AvgIpc) is 3.62. The van der Waals surface area contributed by atoms with Crippen molar-refractivity contribution in [2.75, 3.05) is 10.0 Å². The molecule has 11 heteroatoms. The summed E-state index contributed by atoms with van der Waals surface area (Å²) in [6.07, 6.45) is 1.31. The molecule has 1 saturated carbocycles.